The van der Waals surface area contributed by atoms with Crippen molar-refractivity contribution in [3.8, 4) is 0 Å². The van der Waals surface area contributed by atoms with Gasteiger partial charge < -0.3 is 5.32 Å². The van der Waals surface area contributed by atoms with Crippen molar-refractivity contribution in [3.63, 3.8) is 0 Å². The third kappa shape index (κ3) is 5.10. The van der Waals surface area contributed by atoms with Crippen molar-refractivity contribution in [2.75, 3.05) is 12.8 Å². The summed E-state index contributed by atoms with van der Waals surface area (Å²) in [6.45, 7) is 6.73. The summed E-state index contributed by atoms with van der Waals surface area (Å²) in [4.78, 5) is 12.1. The molecule has 1 N–H and O–H groups in total. The van der Waals surface area contributed by atoms with Crippen LogP contribution in [0.5, 0.6) is 0 Å². The minimum atomic E-state index is -3.29. The van der Waals surface area contributed by atoms with E-state index < -0.39 is 16.1 Å². The molecule has 1 saturated heterocycles. The number of nitrogens with one attached hydrogen (secondary N) is 1. The minimum absolute atomic E-state index is 0.0944. The average molecular weight is 290 g/mol. The van der Waals surface area contributed by atoms with Crippen molar-refractivity contribution in [1.29, 1.82) is 0 Å². The van der Waals surface area contributed by atoms with Gasteiger partial charge in [-0.15, -0.1) is 0 Å². The molecule has 1 amide bonds. The Hall–Kier alpha value is -0.620. The van der Waals surface area contributed by atoms with E-state index >= 15 is 0 Å². The van der Waals surface area contributed by atoms with Crippen molar-refractivity contribution >= 4 is 15.9 Å². The summed E-state index contributed by atoms with van der Waals surface area (Å²) in [5.74, 6) is 0.456. The molecule has 2 unspecified atom stereocenters. The Bertz CT molecular complexity index is 406. The molecule has 0 radical (unpaired) electrons. The first-order valence-electron chi connectivity index (χ1n) is 6.99. The van der Waals surface area contributed by atoms with Crippen molar-refractivity contribution in [2.45, 2.75) is 58.5 Å². The third-order valence-corrected chi connectivity index (χ3v) is 4.79. The Labute approximate surface area is 116 Å². The number of nitrogens with zero attached hydrogens (tertiary/aromatic N) is 1. The second kappa shape index (κ2) is 6.70. The Morgan fingerprint density at radius 2 is 1.95 bits per heavy atom. The van der Waals surface area contributed by atoms with E-state index in [1.165, 1.54) is 10.6 Å². The van der Waals surface area contributed by atoms with Gasteiger partial charge in [0, 0.05) is 12.6 Å². The molecule has 0 saturated carbocycles. The molecule has 1 fully saturated rings. The molecule has 0 bridgehead atoms. The van der Waals surface area contributed by atoms with Gasteiger partial charge in [0.1, 0.15) is 6.04 Å². The number of rotatable bonds is 6. The van der Waals surface area contributed by atoms with Crippen molar-refractivity contribution in [1.82, 2.24) is 9.62 Å². The van der Waals surface area contributed by atoms with Crippen LogP contribution in [-0.2, 0) is 14.8 Å². The molecule has 112 valence electrons. The van der Waals surface area contributed by atoms with Gasteiger partial charge in [-0.2, -0.15) is 4.31 Å². The maximum atomic E-state index is 12.1. The second-order valence-electron chi connectivity index (χ2n) is 5.91. The van der Waals surface area contributed by atoms with Crippen LogP contribution in [0, 0.1) is 5.92 Å². The van der Waals surface area contributed by atoms with Gasteiger partial charge in [0.15, 0.2) is 0 Å². The lowest BCUT2D eigenvalue weighted by Crippen LogP contribution is -2.47. The summed E-state index contributed by atoms with van der Waals surface area (Å²) in [5, 5.41) is 2.93. The smallest absolute Gasteiger partial charge is 0.238 e. The summed E-state index contributed by atoms with van der Waals surface area (Å²) in [5.41, 5.74) is 0. The SMILES string of the molecule is CC(C)CCC(C)NC(=O)C1CCCN1S(C)(=O)=O. The molecule has 6 heteroatoms. The normalized spacial score (nSPS) is 22.7. The van der Waals surface area contributed by atoms with Gasteiger partial charge in [0.2, 0.25) is 15.9 Å². The monoisotopic (exact) mass is 290 g/mol. The Morgan fingerprint density at radius 1 is 1.32 bits per heavy atom. The van der Waals surface area contributed by atoms with Crippen LogP contribution in [0.3, 0.4) is 0 Å². The lowest BCUT2D eigenvalue weighted by atomic mass is 10.0. The largest absolute Gasteiger partial charge is 0.352 e. The molecular weight excluding hydrogens is 264 g/mol. The molecule has 19 heavy (non-hydrogen) atoms. The molecule has 5 nitrogen and oxygen atoms in total. The third-order valence-electron chi connectivity index (χ3n) is 3.50. The summed E-state index contributed by atoms with van der Waals surface area (Å²) in [6, 6.07) is -0.423. The van der Waals surface area contributed by atoms with Gasteiger partial charge >= 0.3 is 0 Å². The van der Waals surface area contributed by atoms with Crippen LogP contribution < -0.4 is 5.32 Å². The van der Waals surface area contributed by atoms with Gasteiger partial charge in [-0.05, 0) is 38.5 Å². The van der Waals surface area contributed by atoms with Gasteiger partial charge in [-0.1, -0.05) is 13.8 Å². The van der Waals surface area contributed by atoms with Crippen LogP contribution in [0.25, 0.3) is 0 Å². The Kier molecular flexibility index (Phi) is 5.80. The van der Waals surface area contributed by atoms with Crippen LogP contribution in [0.1, 0.15) is 46.5 Å². The molecule has 0 aromatic rings. The minimum Gasteiger partial charge on any atom is -0.352 e. The van der Waals surface area contributed by atoms with E-state index in [1.54, 1.807) is 0 Å². The lowest BCUT2D eigenvalue weighted by Gasteiger charge is -2.23. The molecule has 0 aromatic carbocycles. The predicted octanol–water partition coefficient (Wildman–Crippen LogP) is 1.35. The van der Waals surface area contributed by atoms with Crippen molar-refractivity contribution in [2.24, 2.45) is 5.92 Å². The highest BCUT2D eigenvalue weighted by atomic mass is 32.2. The zero-order valence-electron chi connectivity index (χ0n) is 12.3. The van der Waals surface area contributed by atoms with Crippen LogP contribution >= 0.6 is 0 Å². The number of carbonyl (C=O) groups excluding carboxylic acids is 1. The fourth-order valence-electron chi connectivity index (χ4n) is 2.39. The maximum Gasteiger partial charge on any atom is 0.238 e. The zero-order chi connectivity index (χ0) is 14.6. The molecule has 0 spiro atoms. The number of amides is 1. The average Bonchev–Trinajstić information content (AvgIpc) is 2.74. The van der Waals surface area contributed by atoms with E-state index in [0.29, 0.717) is 18.9 Å². The Balaban J connectivity index is 2.53. The number of carbonyl (C=O) groups is 1. The van der Waals surface area contributed by atoms with Crippen LogP contribution in [0.15, 0.2) is 0 Å². The van der Waals surface area contributed by atoms with E-state index in [0.717, 1.165) is 19.3 Å². The lowest BCUT2D eigenvalue weighted by molar-refractivity contribution is -0.124. The summed E-state index contributed by atoms with van der Waals surface area (Å²) in [6.07, 6.45) is 4.53. The zero-order valence-corrected chi connectivity index (χ0v) is 13.2. The van der Waals surface area contributed by atoms with Crippen molar-refractivity contribution < 1.29 is 13.2 Å². The van der Waals surface area contributed by atoms with E-state index in [-0.39, 0.29) is 11.9 Å². The second-order valence-corrected chi connectivity index (χ2v) is 7.85. The van der Waals surface area contributed by atoms with Gasteiger partial charge in [-0.25, -0.2) is 8.42 Å². The van der Waals surface area contributed by atoms with Crippen LogP contribution in [0.4, 0.5) is 0 Å². The standard InChI is InChI=1S/C13H26N2O3S/c1-10(2)7-8-11(3)14-13(16)12-6-5-9-15(12)19(4,17)18/h10-12H,5-9H2,1-4H3,(H,14,16). The highest BCUT2D eigenvalue weighted by Crippen LogP contribution is 2.20. The topological polar surface area (TPSA) is 66.5 Å². The van der Waals surface area contributed by atoms with E-state index in [1.807, 2.05) is 6.92 Å². The first kappa shape index (κ1) is 16.4. The molecule has 0 aromatic heterocycles. The Morgan fingerprint density at radius 3 is 2.47 bits per heavy atom. The molecule has 1 heterocycles. The highest BCUT2D eigenvalue weighted by Gasteiger charge is 2.36. The summed E-state index contributed by atoms with van der Waals surface area (Å²) < 4.78 is 24.5. The first-order chi connectivity index (χ1) is 8.71. The fraction of sp³-hybridized carbons (Fsp3) is 0.923. The number of hydrogen-bond acceptors (Lipinski definition) is 3. The number of sulfonamides is 1. The fourth-order valence-corrected chi connectivity index (χ4v) is 3.52. The molecule has 1 aliphatic rings. The predicted molar refractivity (Wildman–Crippen MR) is 76.2 cm³/mol. The molecule has 2 atom stereocenters. The highest BCUT2D eigenvalue weighted by molar-refractivity contribution is 7.88. The summed E-state index contributed by atoms with van der Waals surface area (Å²) in [7, 11) is -3.29. The first-order valence-corrected chi connectivity index (χ1v) is 8.84. The van der Waals surface area contributed by atoms with Crippen LogP contribution in [0.2, 0.25) is 0 Å². The molecule has 1 rings (SSSR count). The van der Waals surface area contributed by atoms with E-state index in [9.17, 15) is 13.2 Å². The number of hydrogen-bond donors (Lipinski definition) is 1. The van der Waals surface area contributed by atoms with Gasteiger partial charge in [0.25, 0.3) is 0 Å². The summed E-state index contributed by atoms with van der Waals surface area (Å²) >= 11 is 0. The van der Waals surface area contributed by atoms with Crippen molar-refractivity contribution in [3.05, 3.63) is 0 Å². The van der Waals surface area contributed by atoms with Gasteiger partial charge in [-0.3, -0.25) is 4.79 Å². The van der Waals surface area contributed by atoms with E-state index in [4.69, 9.17) is 0 Å². The van der Waals surface area contributed by atoms with E-state index in [2.05, 4.69) is 19.2 Å². The molecular formula is C13H26N2O3S. The maximum absolute atomic E-state index is 12.1. The van der Waals surface area contributed by atoms with Gasteiger partial charge in [0.05, 0.1) is 6.26 Å². The quantitative estimate of drug-likeness (QED) is 0.803. The molecule has 1 aliphatic heterocycles. The van der Waals surface area contributed by atoms with Crippen LogP contribution in [-0.4, -0.2) is 43.5 Å². The molecule has 0 aliphatic carbocycles.